The van der Waals surface area contributed by atoms with E-state index in [-0.39, 0.29) is 0 Å². The molecule has 0 spiro atoms. The Hall–Kier alpha value is -4.60. The molecule has 1 N–H and O–H groups in total. The van der Waals surface area contributed by atoms with Gasteiger partial charge in [-0.3, -0.25) is 0 Å². The van der Waals surface area contributed by atoms with Gasteiger partial charge in [0, 0.05) is 57.8 Å². The lowest BCUT2D eigenvalue weighted by atomic mass is 10.5. The van der Waals surface area contributed by atoms with E-state index in [1.165, 1.54) is 0 Å². The second-order valence-electron chi connectivity index (χ2n) is 2.14. The first kappa shape index (κ1) is 17.4. The Bertz CT molecular complexity index is 741. The van der Waals surface area contributed by atoms with Crippen LogP contribution in [-0.2, 0) is 0 Å². The lowest BCUT2D eigenvalue weighted by molar-refractivity contribution is 0.831. The molecule has 0 radical (unpaired) electrons. The molecule has 0 aliphatic heterocycles. The van der Waals surface area contributed by atoms with E-state index in [2.05, 4.69) is 112 Å². The Kier molecular flexibility index (Phi) is 13.0. The molecule has 0 aromatic carbocycles. The minimum absolute atomic E-state index is 2.05. The SMILES string of the molecule is N=N/N=N/N=NC#CC#CC#CC#CC#CN=N/N=N/N=O. The highest BCUT2D eigenvalue weighted by Gasteiger charge is 1.64. The van der Waals surface area contributed by atoms with Crippen LogP contribution in [0.2, 0.25) is 0 Å². The van der Waals surface area contributed by atoms with Crippen LogP contribution in [0.25, 0.3) is 0 Å². The molecule has 0 saturated carbocycles. The summed E-state index contributed by atoms with van der Waals surface area (Å²) in [6, 6.07) is 4.31. The summed E-state index contributed by atoms with van der Waals surface area (Å²) < 4.78 is 0. The number of rotatable bonds is 4. The first-order chi connectivity index (χ1) is 10.9. The number of nitrogens with zero attached hydrogens (tertiary/aromatic N) is 10. The van der Waals surface area contributed by atoms with Crippen LogP contribution in [0.4, 0.5) is 0 Å². The van der Waals surface area contributed by atoms with E-state index in [4.69, 9.17) is 5.53 Å². The van der Waals surface area contributed by atoms with Crippen LogP contribution >= 0.6 is 0 Å². The van der Waals surface area contributed by atoms with E-state index in [9.17, 15) is 4.91 Å². The summed E-state index contributed by atoms with van der Waals surface area (Å²) in [4.78, 5) is 9.44. The van der Waals surface area contributed by atoms with Gasteiger partial charge in [-0.15, -0.1) is 4.91 Å². The standard InChI is InChI=1S/C10HN11O/c11-14-17-18-15-12-9-7-5-3-1-2-4-6-8-10-13-16-19-20-21-22/h11H/b14-11?,15-12?,16-13?,18-17+,20-19+. The zero-order valence-electron chi connectivity index (χ0n) is 10.4. The van der Waals surface area contributed by atoms with Crippen molar-refractivity contribution in [1.29, 1.82) is 5.53 Å². The summed E-state index contributed by atoms with van der Waals surface area (Å²) in [6.45, 7) is 0. The number of nitroso groups, excluding NO2 is 1. The molecule has 0 fully saturated rings. The van der Waals surface area contributed by atoms with Crippen molar-refractivity contribution in [2.24, 2.45) is 52.1 Å². The fourth-order valence-electron chi connectivity index (χ4n) is 0.450. The molecule has 12 nitrogen and oxygen atoms in total. The maximum atomic E-state index is 9.44. The summed E-state index contributed by atoms with van der Waals surface area (Å²) in [5.41, 5.74) is 6.24. The smallest absolute Gasteiger partial charge is 0.102 e. The van der Waals surface area contributed by atoms with Crippen LogP contribution in [0.1, 0.15) is 0 Å². The molecule has 0 rings (SSSR count). The average molecular weight is 291 g/mol. The fourth-order valence-corrected chi connectivity index (χ4v) is 0.450. The molecule has 102 valence electrons. The van der Waals surface area contributed by atoms with E-state index in [0.717, 1.165) is 0 Å². The van der Waals surface area contributed by atoms with E-state index in [0.29, 0.717) is 0 Å². The van der Waals surface area contributed by atoms with Crippen molar-refractivity contribution < 1.29 is 0 Å². The van der Waals surface area contributed by atoms with Crippen molar-refractivity contribution in [1.82, 2.24) is 0 Å². The zero-order chi connectivity index (χ0) is 16.1. The fraction of sp³-hybridized carbons (Fsp3) is 0. The van der Waals surface area contributed by atoms with Crippen LogP contribution in [0.15, 0.2) is 52.1 Å². The van der Waals surface area contributed by atoms with Gasteiger partial charge in [-0.05, 0) is 26.1 Å². The highest BCUT2D eigenvalue weighted by Crippen LogP contribution is 1.78. The summed E-state index contributed by atoms with van der Waals surface area (Å²) in [5, 5.41) is 28.3. The topological polar surface area (TPSA) is 165 Å². The lowest BCUT2D eigenvalue weighted by Crippen LogP contribution is -1.55. The van der Waals surface area contributed by atoms with Gasteiger partial charge in [0.05, 0.1) is 12.1 Å². The summed E-state index contributed by atoms with van der Waals surface area (Å²) in [5.74, 6) is 18.7. The molecule has 22 heavy (non-hydrogen) atoms. The highest BCUT2D eigenvalue weighted by molar-refractivity contribution is 5.42. The van der Waals surface area contributed by atoms with E-state index < -0.39 is 0 Å². The van der Waals surface area contributed by atoms with Crippen LogP contribution < -0.4 is 0 Å². The normalized spacial score (nSPS) is 8.55. The van der Waals surface area contributed by atoms with E-state index >= 15 is 0 Å². The largest absolute Gasteiger partial charge is 0.183 e. The van der Waals surface area contributed by atoms with Crippen molar-refractivity contribution in [2.75, 3.05) is 0 Å². The first-order valence-corrected chi connectivity index (χ1v) is 4.70. The minimum Gasteiger partial charge on any atom is -0.183 e. The van der Waals surface area contributed by atoms with Crippen molar-refractivity contribution in [3.05, 3.63) is 4.91 Å². The van der Waals surface area contributed by atoms with Crippen LogP contribution in [0, 0.1) is 69.9 Å². The molecule has 0 amide bonds. The van der Waals surface area contributed by atoms with E-state index in [1.54, 1.807) is 0 Å². The predicted octanol–water partition coefficient (Wildman–Crippen LogP) is 2.18. The van der Waals surface area contributed by atoms with Gasteiger partial charge in [0.1, 0.15) is 5.29 Å². The molecule has 0 heterocycles. The molecule has 0 aromatic heterocycles. The predicted molar refractivity (Wildman–Crippen MR) is 69.2 cm³/mol. The van der Waals surface area contributed by atoms with Crippen molar-refractivity contribution >= 4 is 0 Å². The second-order valence-corrected chi connectivity index (χ2v) is 2.14. The van der Waals surface area contributed by atoms with Gasteiger partial charge in [-0.2, -0.15) is 5.53 Å². The zero-order valence-corrected chi connectivity index (χ0v) is 10.4. The van der Waals surface area contributed by atoms with Crippen LogP contribution in [-0.4, -0.2) is 0 Å². The van der Waals surface area contributed by atoms with E-state index in [1.807, 2.05) is 0 Å². The molecule has 0 aromatic rings. The molecular weight excluding hydrogens is 290 g/mol. The third kappa shape index (κ3) is 15.4. The van der Waals surface area contributed by atoms with Crippen molar-refractivity contribution in [3.63, 3.8) is 0 Å². The quantitative estimate of drug-likeness (QED) is 0.357. The van der Waals surface area contributed by atoms with Gasteiger partial charge in [0.15, 0.2) is 0 Å². The Balaban J connectivity index is 4.21. The molecule has 0 unspecified atom stereocenters. The van der Waals surface area contributed by atoms with Gasteiger partial charge in [0.2, 0.25) is 0 Å². The Morgan fingerprint density at radius 1 is 0.545 bits per heavy atom. The first-order valence-electron chi connectivity index (χ1n) is 4.70. The molecule has 0 atom stereocenters. The number of nitrogens with one attached hydrogen (secondary N) is 1. The molecular formula is C10HN11O. The Labute approximate surface area is 123 Å². The molecule has 0 aliphatic carbocycles. The van der Waals surface area contributed by atoms with Gasteiger partial charge in [-0.1, -0.05) is 10.2 Å². The average Bonchev–Trinajstić information content (AvgIpc) is 2.54. The monoisotopic (exact) mass is 291 g/mol. The molecule has 12 heteroatoms. The van der Waals surface area contributed by atoms with Crippen molar-refractivity contribution in [3.8, 4) is 59.5 Å². The molecule has 0 saturated heterocycles. The maximum Gasteiger partial charge on any atom is 0.102 e. The summed E-state index contributed by atoms with van der Waals surface area (Å²) in [7, 11) is 0. The third-order valence-electron chi connectivity index (χ3n) is 0.980. The summed E-state index contributed by atoms with van der Waals surface area (Å²) in [6.07, 6.45) is 0. The Morgan fingerprint density at radius 3 is 1.45 bits per heavy atom. The van der Waals surface area contributed by atoms with Crippen LogP contribution in [0.5, 0.6) is 0 Å². The van der Waals surface area contributed by atoms with Gasteiger partial charge < -0.3 is 0 Å². The molecule has 0 bridgehead atoms. The van der Waals surface area contributed by atoms with Crippen LogP contribution in [0.3, 0.4) is 0 Å². The lowest BCUT2D eigenvalue weighted by Gasteiger charge is -1.63. The maximum absolute atomic E-state index is 9.44. The number of hydrogen-bond donors (Lipinski definition) is 1. The third-order valence-corrected chi connectivity index (χ3v) is 0.980. The summed E-state index contributed by atoms with van der Waals surface area (Å²) >= 11 is 0. The van der Waals surface area contributed by atoms with Gasteiger partial charge in [0.25, 0.3) is 0 Å². The minimum atomic E-state index is 2.05. The second kappa shape index (κ2) is 16.4. The van der Waals surface area contributed by atoms with Gasteiger partial charge in [-0.25, -0.2) is 0 Å². The van der Waals surface area contributed by atoms with Gasteiger partial charge >= 0.3 is 0 Å². The molecule has 0 aliphatic rings. The van der Waals surface area contributed by atoms with Crippen molar-refractivity contribution in [2.45, 2.75) is 0 Å². The highest BCUT2D eigenvalue weighted by atomic mass is 16.3. The Morgan fingerprint density at radius 2 is 1.00 bits per heavy atom. The number of hydrogen-bond acceptors (Lipinski definition) is 4.